The lowest BCUT2D eigenvalue weighted by atomic mass is 10.0. The van der Waals surface area contributed by atoms with Crippen LogP contribution in [0.2, 0.25) is 10.0 Å². The van der Waals surface area contributed by atoms with Crippen LogP contribution in [-0.2, 0) is 17.8 Å². The third kappa shape index (κ3) is 6.03. The number of halogens is 2. The molecule has 0 spiro atoms. The van der Waals surface area contributed by atoms with Crippen molar-refractivity contribution in [3.8, 4) is 6.01 Å². The van der Waals surface area contributed by atoms with E-state index in [4.69, 9.17) is 44.5 Å². The Kier molecular flexibility index (Phi) is 8.49. The van der Waals surface area contributed by atoms with Crippen molar-refractivity contribution in [1.29, 1.82) is 0 Å². The Hall–Kier alpha value is -3.06. The molecule has 3 aliphatic heterocycles. The number of carbonyl (C=O) groups excluding carboxylic acids is 1. The van der Waals surface area contributed by atoms with Gasteiger partial charge in [-0.15, -0.1) is 0 Å². The van der Waals surface area contributed by atoms with Crippen LogP contribution < -0.4 is 14.5 Å². The molecule has 3 fully saturated rings. The van der Waals surface area contributed by atoms with Gasteiger partial charge >= 0.3 is 6.01 Å². The quantitative estimate of drug-likeness (QED) is 0.301. The molecule has 1 amide bonds. The van der Waals surface area contributed by atoms with Crippen molar-refractivity contribution in [1.82, 2.24) is 19.8 Å². The van der Waals surface area contributed by atoms with E-state index in [9.17, 15) is 4.79 Å². The minimum Gasteiger partial charge on any atom is -0.463 e. The molecule has 2 aromatic rings. The Bertz CT molecular complexity index is 1390. The summed E-state index contributed by atoms with van der Waals surface area (Å²) in [5.74, 6) is 0.704. The van der Waals surface area contributed by atoms with Gasteiger partial charge in [-0.2, -0.15) is 9.97 Å². The summed E-state index contributed by atoms with van der Waals surface area (Å²) in [7, 11) is 0. The predicted molar refractivity (Wildman–Crippen MR) is 165 cm³/mol. The third-order valence-electron chi connectivity index (χ3n) is 9.06. The summed E-state index contributed by atoms with van der Waals surface area (Å²) in [6, 6.07) is 5.84. The highest BCUT2D eigenvalue weighted by atomic mass is 35.5. The number of carbonyl (C=O) groups is 1. The molecule has 0 N–H and O–H groups in total. The maximum Gasteiger partial charge on any atom is 0.318 e. The van der Waals surface area contributed by atoms with Crippen molar-refractivity contribution in [2.45, 2.75) is 44.7 Å². The standard InChI is InChI=1S/C31H37Cl2N7O2/c1-3-27(41)40-16-15-39(18-22(40)17-34-2)29-23-9-14-38(26-8-6-7-24(32)28(26)33)19-25(23)35-30(36-29)42-21-31(10-11-31)20-37-12-4-5-13-37/h3,6-8,22H,1,4-5,9-21H2/t22-/m0/s1. The number of likely N-dealkylation sites (tertiary alicyclic amines) is 1. The maximum absolute atomic E-state index is 12.5. The molecule has 1 saturated carbocycles. The topological polar surface area (TPSA) is 69.4 Å². The third-order valence-corrected chi connectivity index (χ3v) is 9.87. The molecule has 4 aliphatic rings. The number of amides is 1. The molecule has 1 aromatic heterocycles. The highest BCUT2D eigenvalue weighted by molar-refractivity contribution is 6.43. The van der Waals surface area contributed by atoms with Crippen molar-refractivity contribution in [2.24, 2.45) is 5.41 Å². The lowest BCUT2D eigenvalue weighted by Gasteiger charge is -2.41. The van der Waals surface area contributed by atoms with Gasteiger partial charge in [-0.1, -0.05) is 35.8 Å². The summed E-state index contributed by atoms with van der Waals surface area (Å²) >= 11 is 13.0. The molecule has 0 unspecified atom stereocenters. The van der Waals surface area contributed by atoms with E-state index >= 15 is 0 Å². The van der Waals surface area contributed by atoms with Gasteiger partial charge in [0, 0.05) is 43.7 Å². The highest BCUT2D eigenvalue weighted by Gasteiger charge is 2.45. The molecule has 1 aromatic carbocycles. The number of benzene rings is 1. The zero-order valence-electron chi connectivity index (χ0n) is 23.9. The Morgan fingerprint density at radius 3 is 2.69 bits per heavy atom. The number of hydrogen-bond acceptors (Lipinski definition) is 7. The number of hydrogen-bond donors (Lipinski definition) is 0. The first-order valence-electron chi connectivity index (χ1n) is 14.8. The molecule has 6 rings (SSSR count). The first-order chi connectivity index (χ1) is 20.4. The van der Waals surface area contributed by atoms with Crippen LogP contribution in [0.1, 0.15) is 36.9 Å². The molecule has 0 radical (unpaired) electrons. The van der Waals surface area contributed by atoms with Gasteiger partial charge in [-0.05, 0) is 63.4 Å². The van der Waals surface area contributed by atoms with Crippen LogP contribution in [0.25, 0.3) is 4.85 Å². The van der Waals surface area contributed by atoms with E-state index < -0.39 is 0 Å². The molecule has 0 bridgehead atoms. The van der Waals surface area contributed by atoms with E-state index in [2.05, 4.69) is 26.1 Å². The van der Waals surface area contributed by atoms with Crippen molar-refractivity contribution in [3.05, 3.63) is 63.6 Å². The molecule has 1 atom stereocenters. The van der Waals surface area contributed by atoms with Gasteiger partial charge in [0.15, 0.2) is 0 Å². The largest absolute Gasteiger partial charge is 0.463 e. The van der Waals surface area contributed by atoms with Crippen LogP contribution in [0.3, 0.4) is 0 Å². The number of ether oxygens (including phenoxy) is 1. The second kappa shape index (κ2) is 12.3. The van der Waals surface area contributed by atoms with E-state index in [1.165, 1.54) is 44.8 Å². The Morgan fingerprint density at radius 1 is 1.14 bits per heavy atom. The minimum atomic E-state index is -0.239. The number of piperazine rings is 1. The molecule has 2 saturated heterocycles. The summed E-state index contributed by atoms with van der Waals surface area (Å²) in [6.45, 7) is 18.3. The van der Waals surface area contributed by atoms with E-state index in [1.807, 2.05) is 12.1 Å². The Balaban J connectivity index is 1.28. The molecule has 1 aliphatic carbocycles. The fourth-order valence-corrected chi connectivity index (χ4v) is 6.95. The second-order valence-electron chi connectivity index (χ2n) is 11.9. The SMILES string of the molecule is [C-]#[N+]C[C@H]1CN(c2nc(OCC3(CN4CCCC4)CC3)nc3c2CCN(c2cccc(Cl)c2Cl)C3)CCN1C(=O)C=C. The zero-order chi connectivity index (χ0) is 29.3. The highest BCUT2D eigenvalue weighted by Crippen LogP contribution is 2.47. The summed E-state index contributed by atoms with van der Waals surface area (Å²) in [5, 5.41) is 1.06. The number of nitrogens with zero attached hydrogens (tertiary/aromatic N) is 7. The lowest BCUT2D eigenvalue weighted by molar-refractivity contribution is -0.128. The monoisotopic (exact) mass is 609 g/mol. The maximum atomic E-state index is 12.5. The Labute approximate surface area is 257 Å². The van der Waals surface area contributed by atoms with E-state index in [-0.39, 0.29) is 23.9 Å². The summed E-state index contributed by atoms with van der Waals surface area (Å²) < 4.78 is 6.41. The van der Waals surface area contributed by atoms with Gasteiger partial charge in [0.05, 0.1) is 34.6 Å². The number of aromatic nitrogens is 2. The van der Waals surface area contributed by atoms with E-state index in [0.717, 1.165) is 42.3 Å². The first kappa shape index (κ1) is 29.0. The van der Waals surface area contributed by atoms with Crippen LogP contribution >= 0.6 is 23.2 Å². The molecule has 222 valence electrons. The van der Waals surface area contributed by atoms with Gasteiger partial charge < -0.3 is 29.2 Å². The average molecular weight is 611 g/mol. The van der Waals surface area contributed by atoms with Crippen LogP contribution in [0.15, 0.2) is 30.9 Å². The van der Waals surface area contributed by atoms with Crippen LogP contribution in [0.5, 0.6) is 6.01 Å². The first-order valence-corrected chi connectivity index (χ1v) is 15.6. The van der Waals surface area contributed by atoms with Crippen molar-refractivity contribution < 1.29 is 9.53 Å². The average Bonchev–Trinajstić information content (AvgIpc) is 3.58. The lowest BCUT2D eigenvalue weighted by Crippen LogP contribution is -2.56. The zero-order valence-corrected chi connectivity index (χ0v) is 25.4. The molecule has 42 heavy (non-hydrogen) atoms. The van der Waals surface area contributed by atoms with Gasteiger partial charge in [0.2, 0.25) is 12.5 Å². The fourth-order valence-electron chi connectivity index (χ4n) is 6.53. The van der Waals surface area contributed by atoms with Gasteiger partial charge in [0.1, 0.15) is 11.9 Å². The normalized spacial score (nSPS) is 21.5. The van der Waals surface area contributed by atoms with Crippen molar-refractivity contribution in [2.75, 3.05) is 68.8 Å². The fraction of sp³-hybridized carbons (Fsp3) is 0.548. The number of anilines is 2. The smallest absolute Gasteiger partial charge is 0.318 e. The second-order valence-corrected chi connectivity index (χ2v) is 12.7. The summed E-state index contributed by atoms with van der Waals surface area (Å²) in [6.07, 6.45) is 6.95. The summed E-state index contributed by atoms with van der Waals surface area (Å²) in [4.78, 5) is 34.8. The number of fused-ring (bicyclic) bond motifs is 1. The number of rotatable bonds is 9. The predicted octanol–water partition coefficient (Wildman–Crippen LogP) is 4.72. The van der Waals surface area contributed by atoms with Crippen molar-refractivity contribution in [3.63, 3.8) is 0 Å². The van der Waals surface area contributed by atoms with Gasteiger partial charge in [0.25, 0.3) is 0 Å². The molecule has 11 heteroatoms. The van der Waals surface area contributed by atoms with Gasteiger partial charge in [-0.25, -0.2) is 6.57 Å². The summed E-state index contributed by atoms with van der Waals surface area (Å²) in [5.41, 5.74) is 3.06. The van der Waals surface area contributed by atoms with Crippen LogP contribution in [0.4, 0.5) is 11.5 Å². The van der Waals surface area contributed by atoms with Crippen molar-refractivity contribution >= 4 is 40.6 Å². The molecular formula is C31H37Cl2N7O2. The van der Waals surface area contributed by atoms with Crippen LogP contribution in [-0.4, -0.2) is 90.7 Å². The minimum absolute atomic E-state index is 0.140. The molecule has 9 nitrogen and oxygen atoms in total. The van der Waals surface area contributed by atoms with Crippen LogP contribution in [0, 0.1) is 12.0 Å². The van der Waals surface area contributed by atoms with E-state index in [0.29, 0.717) is 48.8 Å². The Morgan fingerprint density at radius 2 is 1.95 bits per heavy atom. The molecule has 4 heterocycles. The van der Waals surface area contributed by atoms with Gasteiger partial charge in [-0.3, -0.25) is 4.79 Å². The molecular weight excluding hydrogens is 573 g/mol. The van der Waals surface area contributed by atoms with E-state index in [1.54, 1.807) is 11.0 Å².